The summed E-state index contributed by atoms with van der Waals surface area (Å²) in [5.41, 5.74) is 2.43. The summed E-state index contributed by atoms with van der Waals surface area (Å²) in [7, 11) is 0. The molecule has 4 nitrogen and oxygen atoms in total. The Morgan fingerprint density at radius 2 is 1.95 bits per heavy atom. The van der Waals surface area contributed by atoms with Crippen LogP contribution in [0.2, 0.25) is 0 Å². The Labute approximate surface area is 114 Å². The zero-order chi connectivity index (χ0) is 13.7. The van der Waals surface area contributed by atoms with Crippen molar-refractivity contribution in [3.8, 4) is 0 Å². The van der Waals surface area contributed by atoms with Crippen LogP contribution in [-0.2, 0) is 16.0 Å². The number of morpholine rings is 1. The standard InChI is InChI=1S/C15H21NO3/c1-12-2-4-13(5-3-12)6-7-14(15(17)18)16-8-10-19-11-9-16/h2-5,14H,6-11H2,1H3,(H,17,18). The Morgan fingerprint density at radius 3 is 2.53 bits per heavy atom. The van der Waals surface area contributed by atoms with E-state index < -0.39 is 12.0 Å². The summed E-state index contributed by atoms with van der Waals surface area (Å²) in [6.45, 7) is 4.75. The number of hydrogen-bond donors (Lipinski definition) is 1. The molecule has 19 heavy (non-hydrogen) atoms. The fourth-order valence-corrected chi connectivity index (χ4v) is 2.41. The van der Waals surface area contributed by atoms with Crippen LogP contribution in [0.1, 0.15) is 17.5 Å². The van der Waals surface area contributed by atoms with E-state index in [1.54, 1.807) is 0 Å². The van der Waals surface area contributed by atoms with Crippen LogP contribution in [0, 0.1) is 6.92 Å². The van der Waals surface area contributed by atoms with Gasteiger partial charge in [-0.1, -0.05) is 29.8 Å². The Hall–Kier alpha value is -1.39. The first-order valence-electron chi connectivity index (χ1n) is 6.77. The summed E-state index contributed by atoms with van der Waals surface area (Å²) in [4.78, 5) is 13.4. The molecule has 2 rings (SSSR count). The van der Waals surface area contributed by atoms with Crippen molar-refractivity contribution < 1.29 is 14.6 Å². The van der Waals surface area contributed by atoms with Gasteiger partial charge in [-0.25, -0.2) is 0 Å². The molecule has 0 amide bonds. The topological polar surface area (TPSA) is 49.8 Å². The van der Waals surface area contributed by atoms with E-state index in [1.807, 2.05) is 4.90 Å². The van der Waals surface area contributed by atoms with E-state index in [2.05, 4.69) is 31.2 Å². The molecular formula is C15H21NO3. The highest BCUT2D eigenvalue weighted by Gasteiger charge is 2.26. The monoisotopic (exact) mass is 263 g/mol. The van der Waals surface area contributed by atoms with Crippen molar-refractivity contribution in [2.24, 2.45) is 0 Å². The molecular weight excluding hydrogens is 242 g/mol. The average molecular weight is 263 g/mol. The van der Waals surface area contributed by atoms with Crippen LogP contribution in [0.3, 0.4) is 0 Å². The highest BCUT2D eigenvalue weighted by atomic mass is 16.5. The molecule has 104 valence electrons. The summed E-state index contributed by atoms with van der Waals surface area (Å²) in [6, 6.07) is 7.89. The van der Waals surface area contributed by atoms with Gasteiger partial charge in [0.2, 0.25) is 0 Å². The van der Waals surface area contributed by atoms with Gasteiger partial charge in [-0.2, -0.15) is 0 Å². The van der Waals surface area contributed by atoms with Crippen molar-refractivity contribution in [1.29, 1.82) is 0 Å². The molecule has 0 bridgehead atoms. The van der Waals surface area contributed by atoms with Crippen LogP contribution < -0.4 is 0 Å². The number of carbonyl (C=O) groups is 1. The van der Waals surface area contributed by atoms with Crippen LogP contribution in [0.5, 0.6) is 0 Å². The van der Waals surface area contributed by atoms with Crippen LogP contribution >= 0.6 is 0 Å². The van der Waals surface area contributed by atoms with Crippen molar-refractivity contribution in [3.05, 3.63) is 35.4 Å². The molecule has 1 atom stereocenters. The summed E-state index contributed by atoms with van der Waals surface area (Å²) < 4.78 is 5.27. The number of aliphatic carboxylic acids is 1. The molecule has 1 N–H and O–H groups in total. The van der Waals surface area contributed by atoms with E-state index in [0.29, 0.717) is 32.7 Å². The molecule has 1 aromatic rings. The highest BCUT2D eigenvalue weighted by Crippen LogP contribution is 2.13. The second kappa shape index (κ2) is 6.68. The minimum Gasteiger partial charge on any atom is -0.480 e. The van der Waals surface area contributed by atoms with Gasteiger partial charge in [0.05, 0.1) is 13.2 Å². The second-order valence-corrected chi connectivity index (χ2v) is 5.03. The molecule has 0 radical (unpaired) electrons. The molecule has 0 aromatic heterocycles. The number of carboxylic acids is 1. The predicted molar refractivity (Wildman–Crippen MR) is 73.3 cm³/mol. The highest BCUT2D eigenvalue weighted by molar-refractivity contribution is 5.73. The first kappa shape index (κ1) is 14.0. The maximum absolute atomic E-state index is 11.4. The van der Waals surface area contributed by atoms with Crippen molar-refractivity contribution in [3.63, 3.8) is 0 Å². The van der Waals surface area contributed by atoms with Gasteiger partial charge in [0.1, 0.15) is 6.04 Å². The third-order valence-electron chi connectivity index (χ3n) is 3.60. The van der Waals surface area contributed by atoms with Crippen LogP contribution in [0.4, 0.5) is 0 Å². The molecule has 1 saturated heterocycles. The Kier molecular flexibility index (Phi) is 4.93. The van der Waals surface area contributed by atoms with Crippen LogP contribution in [-0.4, -0.2) is 48.3 Å². The van der Waals surface area contributed by atoms with Crippen LogP contribution in [0.25, 0.3) is 0 Å². The summed E-state index contributed by atoms with van der Waals surface area (Å²) in [5, 5.41) is 9.37. The summed E-state index contributed by atoms with van der Waals surface area (Å²) >= 11 is 0. The Balaban J connectivity index is 1.93. The number of aryl methyl sites for hydroxylation is 2. The quantitative estimate of drug-likeness (QED) is 0.878. The molecule has 1 aliphatic heterocycles. The number of carboxylic acid groups (broad SMARTS) is 1. The number of ether oxygens (including phenoxy) is 1. The summed E-state index contributed by atoms with van der Waals surface area (Å²) in [5.74, 6) is -0.728. The number of nitrogens with zero attached hydrogens (tertiary/aromatic N) is 1. The van der Waals surface area contributed by atoms with E-state index in [9.17, 15) is 9.90 Å². The summed E-state index contributed by atoms with van der Waals surface area (Å²) in [6.07, 6.45) is 1.45. The fourth-order valence-electron chi connectivity index (χ4n) is 2.41. The Bertz CT molecular complexity index is 410. The molecule has 4 heteroatoms. The zero-order valence-corrected chi connectivity index (χ0v) is 11.3. The molecule has 1 aromatic carbocycles. The van der Waals surface area contributed by atoms with Crippen molar-refractivity contribution in [2.75, 3.05) is 26.3 Å². The molecule has 0 saturated carbocycles. The van der Waals surface area contributed by atoms with Crippen molar-refractivity contribution in [2.45, 2.75) is 25.8 Å². The third-order valence-corrected chi connectivity index (χ3v) is 3.60. The van der Waals surface area contributed by atoms with Crippen molar-refractivity contribution in [1.82, 2.24) is 4.90 Å². The van der Waals surface area contributed by atoms with E-state index in [-0.39, 0.29) is 0 Å². The number of rotatable bonds is 5. The van der Waals surface area contributed by atoms with E-state index in [0.717, 1.165) is 6.42 Å². The van der Waals surface area contributed by atoms with Gasteiger partial charge in [-0.3, -0.25) is 9.69 Å². The lowest BCUT2D eigenvalue weighted by Gasteiger charge is -2.31. The largest absolute Gasteiger partial charge is 0.480 e. The van der Waals surface area contributed by atoms with Gasteiger partial charge in [0.15, 0.2) is 0 Å². The minimum absolute atomic E-state index is 0.398. The van der Waals surface area contributed by atoms with Gasteiger partial charge >= 0.3 is 5.97 Å². The first-order valence-corrected chi connectivity index (χ1v) is 6.77. The SMILES string of the molecule is Cc1ccc(CCC(C(=O)O)N2CCOCC2)cc1. The smallest absolute Gasteiger partial charge is 0.320 e. The maximum atomic E-state index is 11.4. The van der Waals surface area contributed by atoms with Gasteiger partial charge in [0, 0.05) is 13.1 Å². The fraction of sp³-hybridized carbons (Fsp3) is 0.533. The molecule has 0 aliphatic carbocycles. The van der Waals surface area contributed by atoms with Gasteiger partial charge in [-0.15, -0.1) is 0 Å². The third kappa shape index (κ3) is 4.04. The van der Waals surface area contributed by atoms with E-state index in [4.69, 9.17) is 4.74 Å². The van der Waals surface area contributed by atoms with Gasteiger partial charge in [0.25, 0.3) is 0 Å². The van der Waals surface area contributed by atoms with E-state index in [1.165, 1.54) is 11.1 Å². The Morgan fingerprint density at radius 1 is 1.32 bits per heavy atom. The van der Waals surface area contributed by atoms with Gasteiger partial charge in [-0.05, 0) is 25.3 Å². The molecule has 0 spiro atoms. The lowest BCUT2D eigenvalue weighted by molar-refractivity contribution is -0.145. The lowest BCUT2D eigenvalue weighted by Crippen LogP contribution is -2.47. The second-order valence-electron chi connectivity index (χ2n) is 5.03. The predicted octanol–water partition coefficient (Wildman–Crippen LogP) is 1.71. The molecule has 1 fully saturated rings. The number of hydrogen-bond acceptors (Lipinski definition) is 3. The molecule has 1 heterocycles. The maximum Gasteiger partial charge on any atom is 0.320 e. The zero-order valence-electron chi connectivity index (χ0n) is 11.3. The van der Waals surface area contributed by atoms with Crippen molar-refractivity contribution >= 4 is 5.97 Å². The lowest BCUT2D eigenvalue weighted by atomic mass is 10.0. The average Bonchev–Trinajstić information content (AvgIpc) is 2.42. The number of benzene rings is 1. The molecule has 1 unspecified atom stereocenters. The van der Waals surface area contributed by atoms with Crippen LogP contribution in [0.15, 0.2) is 24.3 Å². The first-order chi connectivity index (χ1) is 9.16. The minimum atomic E-state index is -0.728. The van der Waals surface area contributed by atoms with Gasteiger partial charge < -0.3 is 9.84 Å². The normalized spacial score (nSPS) is 18.2. The van der Waals surface area contributed by atoms with E-state index >= 15 is 0 Å². The molecule has 1 aliphatic rings.